The molecule has 0 aromatic heterocycles. The van der Waals surface area contributed by atoms with Gasteiger partial charge in [0.25, 0.3) is 5.91 Å². The molecule has 4 nitrogen and oxygen atoms in total. The average Bonchev–Trinajstić information content (AvgIpc) is 2.20. The molecule has 15 heavy (non-hydrogen) atoms. The molecule has 1 aromatic carbocycles. The van der Waals surface area contributed by atoms with E-state index >= 15 is 0 Å². The van der Waals surface area contributed by atoms with Gasteiger partial charge < -0.3 is 15.6 Å². The summed E-state index contributed by atoms with van der Waals surface area (Å²) in [6.07, 6.45) is 0. The molecule has 0 heterocycles. The summed E-state index contributed by atoms with van der Waals surface area (Å²) in [6, 6.07) is 3.68. The van der Waals surface area contributed by atoms with Crippen molar-refractivity contribution in [2.75, 3.05) is 6.61 Å². The lowest BCUT2D eigenvalue weighted by Crippen LogP contribution is -2.21. The van der Waals surface area contributed by atoms with Crippen LogP contribution in [0, 0.1) is 13.8 Å². The quantitative estimate of drug-likeness (QED) is 0.765. The summed E-state index contributed by atoms with van der Waals surface area (Å²) in [6.45, 7) is 3.53. The maximum absolute atomic E-state index is 10.6. The van der Waals surface area contributed by atoms with E-state index in [0.717, 1.165) is 11.1 Å². The number of nitrogens with two attached hydrogens (primary N) is 1. The van der Waals surface area contributed by atoms with Crippen LogP contribution in [0.15, 0.2) is 12.1 Å². The fourth-order valence-corrected chi connectivity index (χ4v) is 1.31. The highest BCUT2D eigenvalue weighted by molar-refractivity contribution is 5.75. The average molecular weight is 209 g/mol. The molecular weight excluding hydrogens is 194 g/mol. The second kappa shape index (κ2) is 4.79. The molecule has 0 aliphatic carbocycles. The SMILES string of the molecule is Cc1ccc(CO)c(OCC(N)=O)c1C. The molecule has 0 atom stereocenters. The van der Waals surface area contributed by atoms with Crippen LogP contribution in [0.1, 0.15) is 16.7 Å². The highest BCUT2D eigenvalue weighted by atomic mass is 16.5. The summed E-state index contributed by atoms with van der Waals surface area (Å²) >= 11 is 0. The van der Waals surface area contributed by atoms with Crippen molar-refractivity contribution < 1.29 is 14.6 Å². The molecule has 0 aliphatic heterocycles. The van der Waals surface area contributed by atoms with Crippen molar-refractivity contribution in [2.45, 2.75) is 20.5 Å². The normalized spacial score (nSPS) is 10.1. The Morgan fingerprint density at radius 2 is 2.13 bits per heavy atom. The zero-order valence-corrected chi connectivity index (χ0v) is 8.91. The Hall–Kier alpha value is -1.55. The number of ether oxygens (including phenoxy) is 1. The second-order valence-corrected chi connectivity index (χ2v) is 3.41. The third-order valence-corrected chi connectivity index (χ3v) is 2.29. The smallest absolute Gasteiger partial charge is 0.255 e. The molecule has 0 bridgehead atoms. The molecule has 0 spiro atoms. The highest BCUT2D eigenvalue weighted by Gasteiger charge is 2.09. The van der Waals surface area contributed by atoms with Crippen molar-refractivity contribution in [1.29, 1.82) is 0 Å². The first-order chi connectivity index (χ1) is 7.06. The molecule has 1 rings (SSSR count). The van der Waals surface area contributed by atoms with E-state index in [-0.39, 0.29) is 13.2 Å². The molecular formula is C11H15NO3. The lowest BCUT2D eigenvalue weighted by Gasteiger charge is -2.13. The molecule has 1 amide bonds. The number of hydrogen-bond acceptors (Lipinski definition) is 3. The van der Waals surface area contributed by atoms with Crippen LogP contribution in [0.4, 0.5) is 0 Å². The monoisotopic (exact) mass is 209 g/mol. The maximum Gasteiger partial charge on any atom is 0.255 e. The van der Waals surface area contributed by atoms with E-state index < -0.39 is 5.91 Å². The summed E-state index contributed by atoms with van der Waals surface area (Å²) in [5, 5.41) is 9.10. The zero-order valence-electron chi connectivity index (χ0n) is 8.91. The van der Waals surface area contributed by atoms with Crippen LogP contribution in [0.2, 0.25) is 0 Å². The van der Waals surface area contributed by atoms with Gasteiger partial charge in [0.1, 0.15) is 5.75 Å². The molecule has 0 saturated heterocycles. The van der Waals surface area contributed by atoms with Crippen LogP contribution in [0.3, 0.4) is 0 Å². The molecule has 82 valence electrons. The number of carbonyl (C=O) groups is 1. The largest absolute Gasteiger partial charge is 0.483 e. The Morgan fingerprint density at radius 1 is 1.47 bits per heavy atom. The third-order valence-electron chi connectivity index (χ3n) is 2.29. The number of hydrogen-bond donors (Lipinski definition) is 2. The van der Waals surface area contributed by atoms with E-state index in [1.807, 2.05) is 19.9 Å². The Balaban J connectivity index is 3.01. The van der Waals surface area contributed by atoms with Gasteiger partial charge in [-0.15, -0.1) is 0 Å². The summed E-state index contributed by atoms with van der Waals surface area (Å²) in [5.41, 5.74) is 7.63. The van der Waals surface area contributed by atoms with Crippen LogP contribution in [-0.4, -0.2) is 17.6 Å². The number of benzene rings is 1. The topological polar surface area (TPSA) is 72.6 Å². The number of aliphatic hydroxyl groups is 1. The highest BCUT2D eigenvalue weighted by Crippen LogP contribution is 2.26. The van der Waals surface area contributed by atoms with E-state index in [9.17, 15) is 4.79 Å². The predicted octanol–water partition coefficient (Wildman–Crippen LogP) is 0.660. The van der Waals surface area contributed by atoms with Gasteiger partial charge in [-0.05, 0) is 25.0 Å². The summed E-state index contributed by atoms with van der Waals surface area (Å²) in [7, 11) is 0. The van der Waals surface area contributed by atoms with Crippen molar-refractivity contribution in [3.63, 3.8) is 0 Å². The molecule has 4 heteroatoms. The van der Waals surface area contributed by atoms with Crippen molar-refractivity contribution in [1.82, 2.24) is 0 Å². The Kier molecular flexibility index (Phi) is 3.68. The van der Waals surface area contributed by atoms with Crippen LogP contribution in [0.25, 0.3) is 0 Å². The molecule has 0 radical (unpaired) electrons. The number of aryl methyl sites for hydroxylation is 1. The third kappa shape index (κ3) is 2.70. The minimum absolute atomic E-state index is 0.116. The number of primary amides is 1. The standard InChI is InChI=1S/C11H15NO3/c1-7-3-4-9(5-13)11(8(7)2)15-6-10(12)14/h3-4,13H,5-6H2,1-2H3,(H2,12,14). The fourth-order valence-electron chi connectivity index (χ4n) is 1.31. The molecule has 0 unspecified atom stereocenters. The minimum Gasteiger partial charge on any atom is -0.483 e. The van der Waals surface area contributed by atoms with Gasteiger partial charge in [-0.2, -0.15) is 0 Å². The summed E-state index contributed by atoms with van der Waals surface area (Å²) in [4.78, 5) is 10.6. The van der Waals surface area contributed by atoms with E-state index in [2.05, 4.69) is 0 Å². The van der Waals surface area contributed by atoms with Gasteiger partial charge in [-0.1, -0.05) is 12.1 Å². The van der Waals surface area contributed by atoms with Crippen molar-refractivity contribution in [3.8, 4) is 5.75 Å². The lowest BCUT2D eigenvalue weighted by molar-refractivity contribution is -0.119. The summed E-state index contributed by atoms with van der Waals surface area (Å²) < 4.78 is 5.27. The van der Waals surface area contributed by atoms with Crippen LogP contribution in [0.5, 0.6) is 5.75 Å². The van der Waals surface area contributed by atoms with Crippen molar-refractivity contribution >= 4 is 5.91 Å². The molecule has 0 aliphatic rings. The first-order valence-electron chi connectivity index (χ1n) is 4.67. The van der Waals surface area contributed by atoms with Crippen LogP contribution < -0.4 is 10.5 Å². The van der Waals surface area contributed by atoms with Gasteiger partial charge in [0.15, 0.2) is 6.61 Å². The van der Waals surface area contributed by atoms with E-state index in [4.69, 9.17) is 15.6 Å². The van der Waals surface area contributed by atoms with Gasteiger partial charge in [0.2, 0.25) is 0 Å². The van der Waals surface area contributed by atoms with Crippen LogP contribution >= 0.6 is 0 Å². The molecule has 0 saturated carbocycles. The first-order valence-corrected chi connectivity index (χ1v) is 4.67. The molecule has 3 N–H and O–H groups in total. The second-order valence-electron chi connectivity index (χ2n) is 3.41. The van der Waals surface area contributed by atoms with E-state index in [1.165, 1.54) is 0 Å². The van der Waals surface area contributed by atoms with E-state index in [0.29, 0.717) is 11.3 Å². The summed E-state index contributed by atoms with van der Waals surface area (Å²) in [5.74, 6) is 0.0242. The number of carbonyl (C=O) groups excluding carboxylic acids is 1. The maximum atomic E-state index is 10.6. The number of aliphatic hydroxyl groups excluding tert-OH is 1. The number of amides is 1. The first kappa shape index (κ1) is 11.5. The van der Waals surface area contributed by atoms with Crippen molar-refractivity contribution in [2.24, 2.45) is 5.73 Å². The Bertz CT molecular complexity index is 374. The predicted molar refractivity (Wildman–Crippen MR) is 56.5 cm³/mol. The fraction of sp³-hybridized carbons (Fsp3) is 0.364. The van der Waals surface area contributed by atoms with Crippen molar-refractivity contribution in [3.05, 3.63) is 28.8 Å². The Labute approximate surface area is 88.7 Å². The van der Waals surface area contributed by atoms with Gasteiger partial charge >= 0.3 is 0 Å². The zero-order chi connectivity index (χ0) is 11.4. The number of rotatable bonds is 4. The molecule has 0 fully saturated rings. The van der Waals surface area contributed by atoms with Gasteiger partial charge in [0, 0.05) is 5.56 Å². The molecule has 1 aromatic rings. The lowest BCUT2D eigenvalue weighted by atomic mass is 10.0. The van der Waals surface area contributed by atoms with Gasteiger partial charge in [-0.25, -0.2) is 0 Å². The minimum atomic E-state index is -0.528. The van der Waals surface area contributed by atoms with E-state index in [1.54, 1.807) is 6.07 Å². The van der Waals surface area contributed by atoms with Gasteiger partial charge in [0.05, 0.1) is 6.61 Å². The van der Waals surface area contributed by atoms with Gasteiger partial charge in [-0.3, -0.25) is 4.79 Å². The van der Waals surface area contributed by atoms with Crippen LogP contribution in [-0.2, 0) is 11.4 Å². The Morgan fingerprint density at radius 3 is 2.67 bits per heavy atom.